The van der Waals surface area contributed by atoms with Crippen LogP contribution in [-0.2, 0) is 0 Å². The average Bonchev–Trinajstić information content (AvgIpc) is 3.66. The van der Waals surface area contributed by atoms with E-state index in [9.17, 15) is 0 Å². The first-order chi connectivity index (χ1) is 27.2. The van der Waals surface area contributed by atoms with Crippen molar-refractivity contribution in [3.8, 4) is 78.7 Å². The monoisotopic (exact) mass is 719 g/mol. The van der Waals surface area contributed by atoms with Gasteiger partial charge in [-0.15, -0.1) is 11.3 Å². The molecule has 55 heavy (non-hydrogen) atoms. The van der Waals surface area contributed by atoms with Gasteiger partial charge in [0, 0.05) is 36.9 Å². The molecule has 10 aromatic rings. The van der Waals surface area contributed by atoms with Crippen molar-refractivity contribution in [1.82, 2.24) is 15.0 Å². The molecule has 4 heteroatoms. The molecular formula is C51H33N3S. The molecule has 0 saturated carbocycles. The zero-order valence-corrected chi connectivity index (χ0v) is 30.6. The van der Waals surface area contributed by atoms with Crippen LogP contribution in [0.1, 0.15) is 0 Å². The van der Waals surface area contributed by atoms with Crippen LogP contribution in [0.2, 0.25) is 0 Å². The summed E-state index contributed by atoms with van der Waals surface area (Å²) in [6.45, 7) is 0. The Hall–Kier alpha value is -7.01. The number of thiophene rings is 1. The Morgan fingerprint density at radius 2 is 0.764 bits per heavy atom. The highest BCUT2D eigenvalue weighted by molar-refractivity contribution is 7.26. The van der Waals surface area contributed by atoms with Gasteiger partial charge in [0.05, 0.1) is 0 Å². The van der Waals surface area contributed by atoms with Crippen molar-refractivity contribution in [3.63, 3.8) is 0 Å². The number of fused-ring (bicyclic) bond motifs is 3. The second-order valence-corrected chi connectivity index (χ2v) is 14.7. The molecule has 0 spiro atoms. The molecular weight excluding hydrogens is 687 g/mol. The van der Waals surface area contributed by atoms with E-state index in [1.54, 1.807) is 11.3 Å². The van der Waals surface area contributed by atoms with Crippen LogP contribution < -0.4 is 0 Å². The Kier molecular flexibility index (Phi) is 8.36. The third kappa shape index (κ3) is 6.29. The van der Waals surface area contributed by atoms with Gasteiger partial charge in [0.15, 0.2) is 17.5 Å². The number of rotatable bonds is 7. The topological polar surface area (TPSA) is 38.7 Å². The van der Waals surface area contributed by atoms with Crippen LogP contribution in [-0.4, -0.2) is 15.0 Å². The van der Waals surface area contributed by atoms with E-state index >= 15 is 0 Å². The van der Waals surface area contributed by atoms with Gasteiger partial charge in [-0.25, -0.2) is 15.0 Å². The molecule has 0 aliphatic heterocycles. The molecule has 2 heterocycles. The summed E-state index contributed by atoms with van der Waals surface area (Å²) in [7, 11) is 0. The fraction of sp³-hybridized carbons (Fsp3) is 0. The summed E-state index contributed by atoms with van der Waals surface area (Å²) < 4.78 is 2.42. The van der Waals surface area contributed by atoms with E-state index in [2.05, 4.69) is 164 Å². The third-order valence-electron chi connectivity index (χ3n) is 10.2. The molecule has 10 rings (SSSR count). The summed E-state index contributed by atoms with van der Waals surface area (Å²) in [6, 6.07) is 70.7. The van der Waals surface area contributed by atoms with Gasteiger partial charge in [-0.3, -0.25) is 0 Å². The lowest BCUT2D eigenvalue weighted by Gasteiger charge is -2.14. The SMILES string of the molecule is c1ccc(-c2ccc(-c3ccc(-c4ccc5sc6cccc(-c7nc(-c8ccccc8)nc(-c8ccccc8)n7)c6c5c4)c(-c4ccccc4)c3)cc2)cc1. The smallest absolute Gasteiger partial charge is 0.164 e. The maximum Gasteiger partial charge on any atom is 0.164 e. The van der Waals surface area contributed by atoms with E-state index in [0.29, 0.717) is 17.5 Å². The largest absolute Gasteiger partial charge is 0.208 e. The van der Waals surface area contributed by atoms with E-state index in [1.165, 1.54) is 53.7 Å². The molecule has 2 aromatic heterocycles. The number of hydrogen-bond acceptors (Lipinski definition) is 4. The lowest BCUT2D eigenvalue weighted by molar-refractivity contribution is 1.08. The molecule has 0 amide bonds. The molecule has 0 fully saturated rings. The molecule has 8 aromatic carbocycles. The molecule has 0 saturated heterocycles. The van der Waals surface area contributed by atoms with Crippen molar-refractivity contribution in [2.75, 3.05) is 0 Å². The Morgan fingerprint density at radius 1 is 0.273 bits per heavy atom. The predicted molar refractivity (Wildman–Crippen MR) is 231 cm³/mol. The molecule has 0 unspecified atom stereocenters. The van der Waals surface area contributed by atoms with E-state index in [1.807, 2.05) is 36.4 Å². The molecule has 0 aliphatic rings. The van der Waals surface area contributed by atoms with Crippen LogP contribution in [0.25, 0.3) is 98.8 Å². The molecule has 0 bridgehead atoms. The van der Waals surface area contributed by atoms with Gasteiger partial charge in [0.2, 0.25) is 0 Å². The predicted octanol–water partition coefficient (Wildman–Crippen LogP) is 13.9. The minimum atomic E-state index is 0.656. The van der Waals surface area contributed by atoms with E-state index < -0.39 is 0 Å². The first-order valence-corrected chi connectivity index (χ1v) is 19.3. The van der Waals surface area contributed by atoms with Crippen molar-refractivity contribution < 1.29 is 0 Å². The van der Waals surface area contributed by atoms with E-state index in [0.717, 1.165) is 27.6 Å². The van der Waals surface area contributed by atoms with Crippen LogP contribution in [0, 0.1) is 0 Å². The second kappa shape index (κ2) is 14.1. The minimum Gasteiger partial charge on any atom is -0.208 e. The Morgan fingerprint density at radius 3 is 1.38 bits per heavy atom. The van der Waals surface area contributed by atoms with Crippen molar-refractivity contribution in [2.45, 2.75) is 0 Å². The van der Waals surface area contributed by atoms with Crippen LogP contribution in [0.4, 0.5) is 0 Å². The van der Waals surface area contributed by atoms with Gasteiger partial charge in [-0.1, -0.05) is 176 Å². The Bertz CT molecular complexity index is 2880. The quantitative estimate of drug-likeness (QED) is 0.165. The maximum atomic E-state index is 5.11. The Labute approximate surface area is 323 Å². The minimum absolute atomic E-state index is 0.656. The summed E-state index contributed by atoms with van der Waals surface area (Å²) >= 11 is 1.80. The van der Waals surface area contributed by atoms with Crippen LogP contribution in [0.3, 0.4) is 0 Å². The Balaban J connectivity index is 1.12. The third-order valence-corrected chi connectivity index (χ3v) is 11.3. The van der Waals surface area contributed by atoms with E-state index in [4.69, 9.17) is 15.0 Å². The summed E-state index contributed by atoms with van der Waals surface area (Å²) in [5.41, 5.74) is 12.4. The van der Waals surface area contributed by atoms with Gasteiger partial charge in [0.25, 0.3) is 0 Å². The summed E-state index contributed by atoms with van der Waals surface area (Å²) in [6.07, 6.45) is 0. The number of aromatic nitrogens is 3. The van der Waals surface area contributed by atoms with Crippen LogP contribution >= 0.6 is 11.3 Å². The van der Waals surface area contributed by atoms with Gasteiger partial charge in [-0.2, -0.15) is 0 Å². The molecule has 0 radical (unpaired) electrons. The van der Waals surface area contributed by atoms with Crippen LogP contribution in [0.15, 0.2) is 200 Å². The van der Waals surface area contributed by atoms with Gasteiger partial charge >= 0.3 is 0 Å². The van der Waals surface area contributed by atoms with Crippen molar-refractivity contribution in [1.29, 1.82) is 0 Å². The molecule has 0 atom stereocenters. The zero-order valence-electron chi connectivity index (χ0n) is 29.8. The second-order valence-electron chi connectivity index (χ2n) is 13.6. The number of nitrogens with zero attached hydrogens (tertiary/aromatic N) is 3. The molecule has 258 valence electrons. The molecule has 0 aliphatic carbocycles. The van der Waals surface area contributed by atoms with Gasteiger partial charge in [-0.05, 0) is 68.8 Å². The standard InChI is InChI=1S/C51H33N3S/c1-5-14-34(15-6-1)35-24-26-36(27-25-35)40-28-30-42(44(32-40)37-16-7-2-8-17-37)41-29-31-46-45(33-41)48-43(22-13-23-47(48)55-46)51-53-49(38-18-9-3-10-19-38)52-50(54-51)39-20-11-4-12-21-39/h1-33H. The summed E-state index contributed by atoms with van der Waals surface area (Å²) in [5, 5.41) is 2.35. The van der Waals surface area contributed by atoms with E-state index in [-0.39, 0.29) is 0 Å². The summed E-state index contributed by atoms with van der Waals surface area (Å²) in [5.74, 6) is 1.98. The fourth-order valence-corrected chi connectivity index (χ4v) is 8.54. The molecule has 3 nitrogen and oxygen atoms in total. The maximum absolute atomic E-state index is 5.11. The first-order valence-electron chi connectivity index (χ1n) is 18.4. The molecule has 0 N–H and O–H groups in total. The van der Waals surface area contributed by atoms with Crippen LogP contribution in [0.5, 0.6) is 0 Å². The normalized spacial score (nSPS) is 11.3. The first kappa shape index (κ1) is 32.6. The average molecular weight is 720 g/mol. The van der Waals surface area contributed by atoms with Gasteiger partial charge < -0.3 is 0 Å². The van der Waals surface area contributed by atoms with Crippen molar-refractivity contribution >= 4 is 31.5 Å². The zero-order chi connectivity index (χ0) is 36.6. The highest BCUT2D eigenvalue weighted by Gasteiger charge is 2.18. The highest BCUT2D eigenvalue weighted by atomic mass is 32.1. The number of hydrogen-bond donors (Lipinski definition) is 0. The number of benzene rings is 8. The van der Waals surface area contributed by atoms with Gasteiger partial charge in [0.1, 0.15) is 0 Å². The fourth-order valence-electron chi connectivity index (χ4n) is 7.43. The lowest BCUT2D eigenvalue weighted by Crippen LogP contribution is -2.00. The summed E-state index contributed by atoms with van der Waals surface area (Å²) in [4.78, 5) is 15.2. The lowest BCUT2D eigenvalue weighted by atomic mass is 9.90. The van der Waals surface area contributed by atoms with Crippen molar-refractivity contribution in [2.24, 2.45) is 0 Å². The van der Waals surface area contributed by atoms with Crippen molar-refractivity contribution in [3.05, 3.63) is 200 Å². The highest BCUT2D eigenvalue weighted by Crippen LogP contribution is 2.43.